The Morgan fingerprint density at radius 2 is 2.00 bits per heavy atom. The third-order valence-corrected chi connectivity index (χ3v) is 5.20. The van der Waals surface area contributed by atoms with Gasteiger partial charge in [-0.25, -0.2) is 14.6 Å². The van der Waals surface area contributed by atoms with Gasteiger partial charge in [-0.1, -0.05) is 5.21 Å². The lowest BCUT2D eigenvalue weighted by atomic mass is 10.0. The summed E-state index contributed by atoms with van der Waals surface area (Å²) in [5.41, 5.74) is 2.65. The average molecular weight is 419 g/mol. The van der Waals surface area contributed by atoms with Gasteiger partial charge in [-0.05, 0) is 36.2 Å². The van der Waals surface area contributed by atoms with Gasteiger partial charge in [0, 0.05) is 30.9 Å². The SMILES string of the molecule is O=C1CCC(N2Cc3cc(-n4cc(COc5ncccn5)nn4)ccc3C2=O)C(=O)N1. The third-order valence-electron chi connectivity index (χ3n) is 5.20. The van der Waals surface area contributed by atoms with Crippen LogP contribution in [0.1, 0.15) is 34.5 Å². The van der Waals surface area contributed by atoms with E-state index in [4.69, 9.17) is 4.74 Å². The minimum absolute atomic E-state index is 0.163. The summed E-state index contributed by atoms with van der Waals surface area (Å²) in [6.45, 7) is 0.459. The Hall–Kier alpha value is -4.15. The molecule has 2 aliphatic heterocycles. The lowest BCUT2D eigenvalue weighted by molar-refractivity contribution is -0.136. The van der Waals surface area contributed by atoms with Crippen LogP contribution in [0.2, 0.25) is 0 Å². The molecule has 4 heterocycles. The number of nitrogens with zero attached hydrogens (tertiary/aromatic N) is 6. The summed E-state index contributed by atoms with van der Waals surface area (Å²) >= 11 is 0. The minimum Gasteiger partial charge on any atom is -0.457 e. The van der Waals surface area contributed by atoms with Gasteiger partial charge in [-0.15, -0.1) is 5.10 Å². The third kappa shape index (κ3) is 3.61. The number of ether oxygens (including phenoxy) is 1. The molecular formula is C20H17N7O4. The van der Waals surface area contributed by atoms with Crippen LogP contribution in [0.3, 0.4) is 0 Å². The number of hydrogen-bond acceptors (Lipinski definition) is 8. The van der Waals surface area contributed by atoms with Crippen molar-refractivity contribution < 1.29 is 19.1 Å². The van der Waals surface area contributed by atoms with Crippen molar-refractivity contribution in [3.05, 3.63) is 59.7 Å². The highest BCUT2D eigenvalue weighted by molar-refractivity contribution is 6.05. The van der Waals surface area contributed by atoms with Gasteiger partial charge in [-0.3, -0.25) is 19.7 Å². The predicted octanol–water partition coefficient (Wildman–Crippen LogP) is 0.397. The van der Waals surface area contributed by atoms with Crippen LogP contribution in [-0.4, -0.2) is 53.6 Å². The zero-order valence-electron chi connectivity index (χ0n) is 16.3. The largest absolute Gasteiger partial charge is 0.457 e. The first-order valence-electron chi connectivity index (χ1n) is 9.67. The molecule has 3 amide bonds. The normalized spacial score (nSPS) is 18.1. The lowest BCUT2D eigenvalue weighted by Gasteiger charge is -2.29. The molecule has 1 unspecified atom stereocenters. The summed E-state index contributed by atoms with van der Waals surface area (Å²) in [6.07, 6.45) is 5.44. The van der Waals surface area contributed by atoms with E-state index in [0.29, 0.717) is 24.2 Å². The number of carbonyl (C=O) groups is 3. The van der Waals surface area contributed by atoms with Crippen LogP contribution >= 0.6 is 0 Å². The standard InChI is InChI=1S/C20H17N7O4/c28-17-5-4-16(18(29)23-17)26-9-12-8-14(2-3-15(12)19(26)30)27-10-13(24-25-27)11-31-20-21-6-1-7-22-20/h1-3,6-8,10,16H,4-5,9,11H2,(H,23,28,29). The van der Waals surface area contributed by atoms with Gasteiger partial charge in [-0.2, -0.15) is 0 Å². The first-order valence-corrected chi connectivity index (χ1v) is 9.67. The second-order valence-electron chi connectivity index (χ2n) is 7.22. The van der Waals surface area contributed by atoms with Gasteiger partial charge < -0.3 is 9.64 Å². The molecule has 2 aliphatic rings. The predicted molar refractivity (Wildman–Crippen MR) is 104 cm³/mol. The van der Waals surface area contributed by atoms with Crippen molar-refractivity contribution in [2.45, 2.75) is 32.0 Å². The molecule has 31 heavy (non-hydrogen) atoms. The van der Waals surface area contributed by atoms with Crippen LogP contribution in [0.4, 0.5) is 0 Å². The van der Waals surface area contributed by atoms with E-state index >= 15 is 0 Å². The number of imide groups is 1. The molecule has 156 valence electrons. The van der Waals surface area contributed by atoms with Gasteiger partial charge in [0.05, 0.1) is 11.9 Å². The van der Waals surface area contributed by atoms with Crippen LogP contribution in [0.15, 0.2) is 42.9 Å². The molecule has 1 saturated heterocycles. The Morgan fingerprint density at radius 3 is 2.81 bits per heavy atom. The smallest absolute Gasteiger partial charge is 0.316 e. The fourth-order valence-corrected chi connectivity index (χ4v) is 3.69. The van der Waals surface area contributed by atoms with E-state index in [1.54, 1.807) is 41.5 Å². The number of nitrogens with one attached hydrogen (secondary N) is 1. The van der Waals surface area contributed by atoms with E-state index in [9.17, 15) is 14.4 Å². The van der Waals surface area contributed by atoms with Crippen LogP contribution in [0.5, 0.6) is 6.01 Å². The molecule has 1 fully saturated rings. The van der Waals surface area contributed by atoms with Crippen molar-refractivity contribution in [3.63, 3.8) is 0 Å². The zero-order valence-corrected chi connectivity index (χ0v) is 16.3. The van der Waals surface area contributed by atoms with E-state index in [0.717, 1.165) is 11.3 Å². The number of hydrogen-bond donors (Lipinski definition) is 1. The first-order chi connectivity index (χ1) is 15.1. The van der Waals surface area contributed by atoms with Gasteiger partial charge in [0.2, 0.25) is 11.8 Å². The van der Waals surface area contributed by atoms with Gasteiger partial charge in [0.15, 0.2) is 0 Å². The molecule has 2 aromatic heterocycles. The van der Waals surface area contributed by atoms with E-state index in [1.165, 1.54) is 4.90 Å². The summed E-state index contributed by atoms with van der Waals surface area (Å²) < 4.78 is 7.06. The van der Waals surface area contributed by atoms with Gasteiger partial charge in [0.1, 0.15) is 18.3 Å². The molecule has 11 nitrogen and oxygen atoms in total. The van der Waals surface area contributed by atoms with E-state index in [2.05, 4.69) is 25.6 Å². The Morgan fingerprint density at radius 1 is 1.16 bits per heavy atom. The number of amides is 3. The molecule has 0 bridgehead atoms. The van der Waals surface area contributed by atoms with Crippen molar-refractivity contribution >= 4 is 17.7 Å². The molecular weight excluding hydrogens is 402 g/mol. The van der Waals surface area contributed by atoms with Crippen molar-refractivity contribution in [2.24, 2.45) is 0 Å². The molecule has 3 aromatic rings. The fourth-order valence-electron chi connectivity index (χ4n) is 3.69. The summed E-state index contributed by atoms with van der Waals surface area (Å²) in [7, 11) is 0. The highest BCUT2D eigenvalue weighted by Crippen LogP contribution is 2.29. The molecule has 1 aromatic carbocycles. The summed E-state index contributed by atoms with van der Waals surface area (Å²) in [6, 6.07) is 6.64. The molecule has 11 heteroatoms. The molecule has 1 N–H and O–H groups in total. The number of rotatable bonds is 5. The van der Waals surface area contributed by atoms with E-state index in [-0.39, 0.29) is 30.9 Å². The molecule has 1 atom stereocenters. The van der Waals surface area contributed by atoms with Crippen LogP contribution in [0.25, 0.3) is 5.69 Å². The first kappa shape index (κ1) is 18.9. The number of fused-ring (bicyclic) bond motifs is 1. The number of carbonyl (C=O) groups excluding carboxylic acids is 3. The van der Waals surface area contributed by atoms with Crippen LogP contribution in [-0.2, 0) is 22.7 Å². The Balaban J connectivity index is 1.31. The van der Waals surface area contributed by atoms with E-state index in [1.807, 2.05) is 6.07 Å². The number of piperidine rings is 1. The summed E-state index contributed by atoms with van der Waals surface area (Å²) in [4.78, 5) is 45.9. The maximum atomic E-state index is 12.8. The highest BCUT2D eigenvalue weighted by Gasteiger charge is 2.39. The minimum atomic E-state index is -0.642. The molecule has 0 spiro atoms. The summed E-state index contributed by atoms with van der Waals surface area (Å²) in [5, 5.41) is 10.5. The van der Waals surface area contributed by atoms with Crippen molar-refractivity contribution in [1.82, 2.24) is 35.2 Å². The maximum absolute atomic E-state index is 12.8. The quantitative estimate of drug-likeness (QED) is 0.588. The average Bonchev–Trinajstić information content (AvgIpc) is 3.38. The second-order valence-corrected chi connectivity index (χ2v) is 7.22. The molecule has 0 radical (unpaired) electrons. The lowest BCUT2D eigenvalue weighted by Crippen LogP contribution is -2.52. The zero-order chi connectivity index (χ0) is 21.4. The fraction of sp³-hybridized carbons (Fsp3) is 0.250. The number of benzene rings is 1. The molecule has 0 saturated carbocycles. The second kappa shape index (κ2) is 7.59. The Kier molecular flexibility index (Phi) is 4.62. The van der Waals surface area contributed by atoms with Crippen molar-refractivity contribution in [3.8, 4) is 11.7 Å². The van der Waals surface area contributed by atoms with Crippen molar-refractivity contribution in [1.29, 1.82) is 0 Å². The maximum Gasteiger partial charge on any atom is 0.316 e. The van der Waals surface area contributed by atoms with Gasteiger partial charge >= 0.3 is 6.01 Å². The van der Waals surface area contributed by atoms with E-state index < -0.39 is 11.9 Å². The topological polar surface area (TPSA) is 132 Å². The monoisotopic (exact) mass is 419 g/mol. The highest BCUT2D eigenvalue weighted by atomic mass is 16.5. The van der Waals surface area contributed by atoms with Crippen LogP contribution < -0.4 is 10.1 Å². The Labute approximate surface area is 176 Å². The number of aromatic nitrogens is 5. The van der Waals surface area contributed by atoms with Crippen LogP contribution in [0, 0.1) is 0 Å². The molecule has 5 rings (SSSR count). The van der Waals surface area contributed by atoms with Gasteiger partial charge in [0.25, 0.3) is 5.91 Å². The molecule has 0 aliphatic carbocycles. The van der Waals surface area contributed by atoms with Crippen molar-refractivity contribution in [2.75, 3.05) is 0 Å². The summed E-state index contributed by atoms with van der Waals surface area (Å²) in [5.74, 6) is -0.954. The Bertz CT molecular complexity index is 1180.